The lowest BCUT2D eigenvalue weighted by atomic mass is 10.1. The van der Waals surface area contributed by atoms with E-state index in [1.807, 2.05) is 0 Å². The maximum absolute atomic E-state index is 12.6. The van der Waals surface area contributed by atoms with Gasteiger partial charge in [0.05, 0.1) is 10.5 Å². The van der Waals surface area contributed by atoms with Crippen LogP contribution in [0.5, 0.6) is 0 Å². The first kappa shape index (κ1) is 22.7. The lowest BCUT2D eigenvalue weighted by Crippen LogP contribution is -2.42. The molecule has 0 aromatic heterocycles. The Hall–Kier alpha value is -2.59. The van der Waals surface area contributed by atoms with E-state index in [1.165, 1.54) is 24.3 Å². The fraction of sp³-hybridized carbons (Fsp3) is 0.316. The summed E-state index contributed by atoms with van der Waals surface area (Å²) in [6.07, 6.45) is -4.37. The molecule has 0 saturated carbocycles. The Kier molecular flexibility index (Phi) is 7.63. The van der Waals surface area contributed by atoms with Gasteiger partial charge in [0.1, 0.15) is 0 Å². The van der Waals surface area contributed by atoms with Crippen LogP contribution in [0.3, 0.4) is 0 Å². The number of sulfonamides is 1. The molecule has 0 heterocycles. The Morgan fingerprint density at radius 2 is 1.66 bits per heavy atom. The minimum Gasteiger partial charge on any atom is -0.355 e. The predicted molar refractivity (Wildman–Crippen MR) is 106 cm³/mol. The molecular weight excluding hydrogens is 405 g/mol. The Bertz CT molecular complexity index is 915. The minimum absolute atomic E-state index is 0.143. The third-order valence-electron chi connectivity index (χ3n) is 4.03. The molecule has 0 radical (unpaired) electrons. The highest BCUT2D eigenvalue weighted by atomic mass is 32.2. The molecule has 2 N–H and O–H groups in total. The smallest absolute Gasteiger partial charge is 0.355 e. The van der Waals surface area contributed by atoms with Gasteiger partial charge in [0.25, 0.3) is 0 Å². The molecule has 0 unspecified atom stereocenters. The van der Waals surface area contributed by atoms with Crippen molar-refractivity contribution in [1.29, 1.82) is 0 Å². The van der Waals surface area contributed by atoms with Crippen molar-refractivity contribution in [2.75, 3.05) is 27.2 Å². The molecule has 0 aliphatic heterocycles. The van der Waals surface area contributed by atoms with Crippen LogP contribution in [0, 0.1) is 0 Å². The van der Waals surface area contributed by atoms with Crippen LogP contribution in [0.2, 0.25) is 0 Å². The second-order valence-corrected chi connectivity index (χ2v) is 8.00. The number of nitrogens with one attached hydrogen (secondary N) is 2. The van der Waals surface area contributed by atoms with Gasteiger partial charge in [-0.1, -0.05) is 30.3 Å². The quantitative estimate of drug-likeness (QED) is 0.404. The van der Waals surface area contributed by atoms with Gasteiger partial charge in [-0.25, -0.2) is 13.1 Å². The van der Waals surface area contributed by atoms with E-state index in [-0.39, 0.29) is 18.0 Å². The molecule has 0 amide bonds. The summed E-state index contributed by atoms with van der Waals surface area (Å²) in [7, 11) is -0.279. The Labute approximate surface area is 168 Å². The standard InChI is InChI=1S/C19H23F3N4O2S/c1-23-18(24-12-13-25-29(27,28)17-6-4-3-5-7-17)26(2)14-15-8-10-16(11-9-15)19(20,21)22/h3-11,25H,12-14H2,1-2H3,(H,23,24). The topological polar surface area (TPSA) is 73.8 Å². The largest absolute Gasteiger partial charge is 0.416 e. The Morgan fingerprint density at radius 1 is 1.03 bits per heavy atom. The highest BCUT2D eigenvalue weighted by Crippen LogP contribution is 2.29. The number of alkyl halides is 3. The van der Waals surface area contributed by atoms with Crippen LogP contribution in [0.4, 0.5) is 13.2 Å². The number of aliphatic imine (C=N–C) groups is 1. The zero-order valence-corrected chi connectivity index (χ0v) is 16.9. The average Bonchev–Trinajstić information content (AvgIpc) is 2.68. The van der Waals surface area contributed by atoms with Crippen LogP contribution in [0.15, 0.2) is 64.5 Å². The van der Waals surface area contributed by atoms with E-state index >= 15 is 0 Å². The van der Waals surface area contributed by atoms with Crippen LogP contribution in [-0.4, -0.2) is 46.5 Å². The number of benzene rings is 2. The molecule has 2 rings (SSSR count). The summed E-state index contributed by atoms with van der Waals surface area (Å²) < 4.78 is 64.7. The molecular formula is C19H23F3N4O2S. The van der Waals surface area contributed by atoms with E-state index in [4.69, 9.17) is 0 Å². The normalized spacial score (nSPS) is 12.7. The van der Waals surface area contributed by atoms with Gasteiger partial charge in [-0.2, -0.15) is 13.2 Å². The van der Waals surface area contributed by atoms with Crippen molar-refractivity contribution in [2.45, 2.75) is 17.6 Å². The molecule has 2 aromatic rings. The van der Waals surface area contributed by atoms with E-state index in [0.29, 0.717) is 18.1 Å². The van der Waals surface area contributed by atoms with Gasteiger partial charge in [-0.3, -0.25) is 4.99 Å². The van der Waals surface area contributed by atoms with Crippen molar-refractivity contribution in [3.05, 3.63) is 65.7 Å². The number of guanidine groups is 1. The number of hydrogen-bond acceptors (Lipinski definition) is 3. The molecule has 158 valence electrons. The summed E-state index contributed by atoms with van der Waals surface area (Å²) in [6, 6.07) is 12.9. The summed E-state index contributed by atoms with van der Waals surface area (Å²) in [5.41, 5.74) is -0.00894. The zero-order chi connectivity index (χ0) is 21.5. The molecule has 0 fully saturated rings. The van der Waals surface area contributed by atoms with Crippen LogP contribution in [-0.2, 0) is 22.7 Å². The molecule has 0 aliphatic carbocycles. The van der Waals surface area contributed by atoms with E-state index in [0.717, 1.165) is 12.1 Å². The van der Waals surface area contributed by atoms with Crippen LogP contribution < -0.4 is 10.0 Å². The summed E-state index contributed by atoms with van der Waals surface area (Å²) in [5, 5.41) is 3.02. The van der Waals surface area contributed by atoms with Gasteiger partial charge in [-0.15, -0.1) is 0 Å². The molecule has 29 heavy (non-hydrogen) atoms. The average molecular weight is 428 g/mol. The van der Waals surface area contributed by atoms with Crippen molar-refractivity contribution >= 4 is 16.0 Å². The van der Waals surface area contributed by atoms with E-state index in [1.54, 1.807) is 37.2 Å². The lowest BCUT2D eigenvalue weighted by molar-refractivity contribution is -0.137. The van der Waals surface area contributed by atoms with Gasteiger partial charge >= 0.3 is 6.18 Å². The zero-order valence-electron chi connectivity index (χ0n) is 16.1. The number of halogens is 3. The monoisotopic (exact) mass is 428 g/mol. The maximum Gasteiger partial charge on any atom is 0.416 e. The first-order valence-corrected chi connectivity index (χ1v) is 10.2. The van der Waals surface area contributed by atoms with Gasteiger partial charge in [0.15, 0.2) is 5.96 Å². The Balaban J connectivity index is 1.85. The molecule has 0 bridgehead atoms. The number of hydrogen-bond donors (Lipinski definition) is 2. The summed E-state index contributed by atoms with van der Waals surface area (Å²) in [5.74, 6) is 0.490. The number of nitrogens with zero attached hydrogens (tertiary/aromatic N) is 2. The molecule has 10 heteroatoms. The van der Waals surface area contributed by atoms with Crippen LogP contribution >= 0.6 is 0 Å². The van der Waals surface area contributed by atoms with E-state index in [9.17, 15) is 21.6 Å². The van der Waals surface area contributed by atoms with Gasteiger partial charge < -0.3 is 10.2 Å². The predicted octanol–water partition coefficient (Wildman–Crippen LogP) is 2.69. The lowest BCUT2D eigenvalue weighted by Gasteiger charge is -2.22. The van der Waals surface area contributed by atoms with Crippen LogP contribution in [0.1, 0.15) is 11.1 Å². The highest BCUT2D eigenvalue weighted by Gasteiger charge is 2.29. The van der Waals surface area contributed by atoms with E-state index < -0.39 is 21.8 Å². The second kappa shape index (κ2) is 9.75. The molecule has 0 atom stereocenters. The SMILES string of the molecule is CN=C(NCCNS(=O)(=O)c1ccccc1)N(C)Cc1ccc(C(F)(F)F)cc1. The third-order valence-corrected chi connectivity index (χ3v) is 5.51. The van der Waals surface area contributed by atoms with E-state index in [2.05, 4.69) is 15.0 Å². The molecule has 0 aliphatic rings. The molecule has 2 aromatic carbocycles. The van der Waals surface area contributed by atoms with Gasteiger partial charge in [0.2, 0.25) is 10.0 Å². The maximum atomic E-state index is 12.6. The first-order valence-electron chi connectivity index (χ1n) is 8.76. The van der Waals surface area contributed by atoms with Gasteiger partial charge in [0, 0.05) is 33.7 Å². The summed E-state index contributed by atoms with van der Waals surface area (Å²) >= 11 is 0. The summed E-state index contributed by atoms with van der Waals surface area (Å²) in [4.78, 5) is 6.02. The third kappa shape index (κ3) is 6.75. The fourth-order valence-corrected chi connectivity index (χ4v) is 3.63. The molecule has 0 spiro atoms. The van der Waals surface area contributed by atoms with Crippen LogP contribution in [0.25, 0.3) is 0 Å². The van der Waals surface area contributed by atoms with Crippen molar-refractivity contribution in [2.24, 2.45) is 4.99 Å². The van der Waals surface area contributed by atoms with Crippen molar-refractivity contribution in [1.82, 2.24) is 14.9 Å². The van der Waals surface area contributed by atoms with Crippen molar-refractivity contribution < 1.29 is 21.6 Å². The number of rotatable bonds is 7. The molecule has 6 nitrogen and oxygen atoms in total. The molecule has 0 saturated heterocycles. The second-order valence-electron chi connectivity index (χ2n) is 6.24. The Morgan fingerprint density at radius 3 is 2.21 bits per heavy atom. The minimum atomic E-state index is -4.37. The highest BCUT2D eigenvalue weighted by molar-refractivity contribution is 7.89. The fourth-order valence-electron chi connectivity index (χ4n) is 2.58. The van der Waals surface area contributed by atoms with Crippen molar-refractivity contribution in [3.63, 3.8) is 0 Å². The first-order chi connectivity index (χ1) is 13.6. The van der Waals surface area contributed by atoms with Crippen molar-refractivity contribution in [3.8, 4) is 0 Å². The van der Waals surface area contributed by atoms with Gasteiger partial charge in [-0.05, 0) is 29.8 Å². The summed E-state index contributed by atoms with van der Waals surface area (Å²) in [6.45, 7) is 0.772.